The van der Waals surface area contributed by atoms with Crippen molar-refractivity contribution in [3.63, 3.8) is 0 Å². The summed E-state index contributed by atoms with van der Waals surface area (Å²) < 4.78 is 5.55. The van der Waals surface area contributed by atoms with Crippen LogP contribution in [-0.4, -0.2) is 38.1 Å². The molecule has 5 heteroatoms. The summed E-state index contributed by atoms with van der Waals surface area (Å²) in [5.41, 5.74) is 7.41. The van der Waals surface area contributed by atoms with Crippen LogP contribution in [0.4, 0.5) is 11.4 Å². The average Bonchev–Trinajstić information content (AvgIpc) is 2.39. The smallest absolute Gasteiger partial charge is 0.223 e. The minimum atomic E-state index is 0.0875. The second kappa shape index (κ2) is 7.51. The molecule has 0 aliphatic heterocycles. The monoisotopic (exact) mass is 265 g/mol. The number of benzene rings is 1. The van der Waals surface area contributed by atoms with E-state index < -0.39 is 0 Å². The summed E-state index contributed by atoms with van der Waals surface area (Å²) in [4.78, 5) is 13.0. The third kappa shape index (κ3) is 4.69. The maximum absolute atomic E-state index is 11.5. The largest absolute Gasteiger partial charge is 0.491 e. The van der Waals surface area contributed by atoms with E-state index in [2.05, 4.69) is 5.32 Å². The fraction of sp³-hybridized carbons (Fsp3) is 0.500. The summed E-state index contributed by atoms with van der Waals surface area (Å²) in [6.45, 7) is 3.25. The second-order valence-corrected chi connectivity index (χ2v) is 4.53. The number of nitrogens with two attached hydrogens (primary N) is 1. The van der Waals surface area contributed by atoms with E-state index in [0.717, 1.165) is 12.1 Å². The van der Waals surface area contributed by atoms with Crippen LogP contribution in [0, 0.1) is 0 Å². The van der Waals surface area contributed by atoms with Crippen molar-refractivity contribution in [2.45, 2.75) is 19.8 Å². The molecule has 1 amide bonds. The van der Waals surface area contributed by atoms with Gasteiger partial charge >= 0.3 is 0 Å². The Labute approximate surface area is 114 Å². The summed E-state index contributed by atoms with van der Waals surface area (Å²) in [6.07, 6.45) is 1.38. The van der Waals surface area contributed by atoms with E-state index in [4.69, 9.17) is 10.5 Å². The van der Waals surface area contributed by atoms with Gasteiger partial charge in [-0.3, -0.25) is 4.79 Å². The molecule has 0 bridgehead atoms. The molecule has 0 heterocycles. The van der Waals surface area contributed by atoms with E-state index in [0.29, 0.717) is 31.0 Å². The van der Waals surface area contributed by atoms with Gasteiger partial charge in [0.05, 0.1) is 18.0 Å². The quantitative estimate of drug-likeness (QED) is 0.739. The summed E-state index contributed by atoms with van der Waals surface area (Å²) in [7, 11) is 3.49. The highest BCUT2D eigenvalue weighted by Gasteiger charge is 2.07. The fourth-order valence-electron chi connectivity index (χ4n) is 1.56. The molecular formula is C14H23N3O2. The summed E-state index contributed by atoms with van der Waals surface area (Å²) in [5.74, 6) is 0.773. The first kappa shape index (κ1) is 15.1. The molecule has 0 unspecified atom stereocenters. The second-order valence-electron chi connectivity index (χ2n) is 4.53. The first-order valence-electron chi connectivity index (χ1n) is 6.51. The molecule has 1 aromatic carbocycles. The predicted molar refractivity (Wildman–Crippen MR) is 78.4 cm³/mol. The lowest BCUT2D eigenvalue weighted by molar-refractivity contribution is -0.128. The third-order valence-corrected chi connectivity index (χ3v) is 2.68. The van der Waals surface area contributed by atoms with Crippen molar-refractivity contribution in [3.05, 3.63) is 18.2 Å². The Morgan fingerprint density at radius 2 is 2.16 bits per heavy atom. The van der Waals surface area contributed by atoms with Crippen LogP contribution < -0.4 is 15.8 Å². The minimum absolute atomic E-state index is 0.0875. The van der Waals surface area contributed by atoms with Crippen molar-refractivity contribution in [1.82, 2.24) is 4.90 Å². The maximum Gasteiger partial charge on any atom is 0.223 e. The summed E-state index contributed by atoms with van der Waals surface area (Å²) >= 11 is 0. The normalized spacial score (nSPS) is 10.1. The number of hydrogen-bond acceptors (Lipinski definition) is 4. The van der Waals surface area contributed by atoms with Gasteiger partial charge in [-0.15, -0.1) is 0 Å². The predicted octanol–water partition coefficient (Wildman–Crippen LogP) is 1.95. The van der Waals surface area contributed by atoms with Crippen LogP contribution in [0.25, 0.3) is 0 Å². The lowest BCUT2D eigenvalue weighted by Crippen LogP contribution is -2.24. The van der Waals surface area contributed by atoms with Gasteiger partial charge in [-0.25, -0.2) is 0 Å². The standard InChI is InChI=1S/C14H23N3O2/c1-4-10-19-12-7-5-6-11(14(12)15)16-9-8-13(18)17(2)3/h5-7,16H,4,8-10,15H2,1-3H3. The van der Waals surface area contributed by atoms with Gasteiger partial charge in [0.1, 0.15) is 5.75 Å². The van der Waals surface area contributed by atoms with Crippen LogP contribution in [-0.2, 0) is 4.79 Å². The highest BCUT2D eigenvalue weighted by molar-refractivity contribution is 5.77. The Morgan fingerprint density at radius 3 is 2.79 bits per heavy atom. The molecule has 0 aliphatic carbocycles. The van der Waals surface area contributed by atoms with Gasteiger partial charge < -0.3 is 20.7 Å². The summed E-state index contributed by atoms with van der Waals surface area (Å²) in [5, 5.41) is 3.16. The van der Waals surface area contributed by atoms with Crippen LogP contribution in [0.5, 0.6) is 5.75 Å². The van der Waals surface area contributed by atoms with Gasteiger partial charge in [-0.1, -0.05) is 13.0 Å². The van der Waals surface area contributed by atoms with Crippen molar-refractivity contribution < 1.29 is 9.53 Å². The van der Waals surface area contributed by atoms with Crippen molar-refractivity contribution in [3.8, 4) is 5.75 Å². The Balaban J connectivity index is 2.56. The molecule has 0 aliphatic rings. The molecule has 1 aromatic rings. The van der Waals surface area contributed by atoms with E-state index in [9.17, 15) is 4.79 Å². The number of carbonyl (C=O) groups is 1. The van der Waals surface area contributed by atoms with Crippen LogP contribution in [0.1, 0.15) is 19.8 Å². The Bertz CT molecular complexity index is 419. The summed E-state index contributed by atoms with van der Waals surface area (Å²) in [6, 6.07) is 5.62. The van der Waals surface area contributed by atoms with Crippen LogP contribution >= 0.6 is 0 Å². The molecule has 0 saturated carbocycles. The lowest BCUT2D eigenvalue weighted by Gasteiger charge is -2.14. The number of hydrogen-bond donors (Lipinski definition) is 2. The number of rotatable bonds is 7. The first-order chi connectivity index (χ1) is 9.06. The number of amides is 1. The topological polar surface area (TPSA) is 67.6 Å². The van der Waals surface area contributed by atoms with Gasteiger partial charge in [0.25, 0.3) is 0 Å². The van der Waals surface area contributed by atoms with Crippen molar-refractivity contribution >= 4 is 17.3 Å². The number of para-hydroxylation sites is 1. The fourth-order valence-corrected chi connectivity index (χ4v) is 1.56. The molecule has 19 heavy (non-hydrogen) atoms. The van der Waals surface area contributed by atoms with Crippen LogP contribution in [0.3, 0.4) is 0 Å². The van der Waals surface area contributed by atoms with E-state index in [1.54, 1.807) is 19.0 Å². The van der Waals surface area contributed by atoms with E-state index in [1.807, 2.05) is 25.1 Å². The number of carbonyl (C=O) groups excluding carboxylic acids is 1. The Hall–Kier alpha value is -1.91. The molecule has 5 nitrogen and oxygen atoms in total. The van der Waals surface area contributed by atoms with Gasteiger partial charge in [0.2, 0.25) is 5.91 Å². The van der Waals surface area contributed by atoms with Gasteiger partial charge in [-0.05, 0) is 18.6 Å². The molecule has 0 saturated heterocycles. The first-order valence-corrected chi connectivity index (χ1v) is 6.51. The Kier molecular flexibility index (Phi) is 5.99. The molecule has 106 valence electrons. The Morgan fingerprint density at radius 1 is 1.42 bits per heavy atom. The van der Waals surface area contributed by atoms with Gasteiger partial charge in [0.15, 0.2) is 0 Å². The zero-order valence-electron chi connectivity index (χ0n) is 11.9. The lowest BCUT2D eigenvalue weighted by atomic mass is 10.2. The SMILES string of the molecule is CCCOc1cccc(NCCC(=O)N(C)C)c1N. The van der Waals surface area contributed by atoms with E-state index in [-0.39, 0.29) is 5.91 Å². The van der Waals surface area contributed by atoms with E-state index >= 15 is 0 Å². The highest BCUT2D eigenvalue weighted by Crippen LogP contribution is 2.29. The maximum atomic E-state index is 11.5. The highest BCUT2D eigenvalue weighted by atomic mass is 16.5. The number of ether oxygens (including phenoxy) is 1. The molecule has 0 spiro atoms. The van der Waals surface area contributed by atoms with Gasteiger partial charge in [-0.2, -0.15) is 0 Å². The van der Waals surface area contributed by atoms with Gasteiger partial charge in [0, 0.05) is 27.1 Å². The van der Waals surface area contributed by atoms with Crippen molar-refractivity contribution in [2.24, 2.45) is 0 Å². The number of nitrogen functional groups attached to an aromatic ring is 1. The number of nitrogens with zero attached hydrogens (tertiary/aromatic N) is 1. The zero-order valence-corrected chi connectivity index (χ0v) is 11.9. The van der Waals surface area contributed by atoms with Crippen molar-refractivity contribution in [2.75, 3.05) is 38.3 Å². The number of nitrogens with one attached hydrogen (secondary N) is 1. The van der Waals surface area contributed by atoms with Crippen LogP contribution in [0.15, 0.2) is 18.2 Å². The zero-order chi connectivity index (χ0) is 14.3. The van der Waals surface area contributed by atoms with Crippen molar-refractivity contribution in [1.29, 1.82) is 0 Å². The molecule has 0 radical (unpaired) electrons. The molecule has 3 N–H and O–H groups in total. The van der Waals surface area contributed by atoms with Crippen LogP contribution in [0.2, 0.25) is 0 Å². The van der Waals surface area contributed by atoms with E-state index in [1.165, 1.54) is 0 Å². The molecule has 0 atom stereocenters. The molecule has 1 rings (SSSR count). The minimum Gasteiger partial charge on any atom is -0.491 e. The third-order valence-electron chi connectivity index (χ3n) is 2.68. The molecular weight excluding hydrogens is 242 g/mol. The molecule has 0 aromatic heterocycles. The average molecular weight is 265 g/mol. The molecule has 0 fully saturated rings. The number of anilines is 2.